The lowest BCUT2D eigenvalue weighted by atomic mass is 10.4. The molecule has 0 radical (unpaired) electrons. The van der Waals surface area contributed by atoms with Crippen LogP contribution in [0.2, 0.25) is 0 Å². The number of carboxylic acid groups (broad SMARTS) is 2. The molecule has 0 spiro atoms. The van der Waals surface area contributed by atoms with Crippen molar-refractivity contribution in [2.45, 2.75) is 6.42 Å². The number of hydrogen-bond donors (Lipinski definition) is 2. The monoisotopic (exact) mass is 276 g/mol. The Bertz CT molecular complexity index is 312. The van der Waals surface area contributed by atoms with Gasteiger partial charge in [-0.05, 0) is 12.2 Å². The highest BCUT2D eigenvalue weighted by atomic mass is 32.2. The smallest absolute Gasteiger partial charge is 0.323 e. The summed E-state index contributed by atoms with van der Waals surface area (Å²) in [5.74, 6) is -0.677. The topological polar surface area (TPSA) is 98.1 Å². The van der Waals surface area contributed by atoms with Crippen LogP contribution in [0.15, 0.2) is 0 Å². The summed E-state index contributed by atoms with van der Waals surface area (Å²) in [4.78, 5) is 35.7. The maximum Gasteiger partial charge on any atom is 0.323 e. The van der Waals surface area contributed by atoms with E-state index in [-0.39, 0.29) is 0 Å². The molecule has 1 fully saturated rings. The third-order valence-corrected chi connectivity index (χ3v) is 3.46. The molecule has 2 amide bonds. The van der Waals surface area contributed by atoms with Gasteiger partial charge in [0.25, 0.3) is 0 Å². The molecule has 0 bridgehead atoms. The number of aliphatic carboxylic acids is 2. The zero-order valence-corrected chi connectivity index (χ0v) is 10.7. The minimum Gasteiger partial charge on any atom is -0.480 e. The van der Waals surface area contributed by atoms with Crippen LogP contribution in [-0.4, -0.2) is 75.7 Å². The third kappa shape index (κ3) is 4.82. The molecule has 0 aliphatic carbocycles. The second kappa shape index (κ2) is 7.10. The summed E-state index contributed by atoms with van der Waals surface area (Å²) in [5, 5.41) is 17.4. The Balaban J connectivity index is 2.66. The molecule has 0 aromatic heterocycles. The zero-order valence-electron chi connectivity index (χ0n) is 9.87. The molecule has 0 atom stereocenters. The first-order chi connectivity index (χ1) is 8.50. The molecule has 0 aromatic rings. The minimum atomic E-state index is -1.21. The number of carbonyl (C=O) groups is 3. The fourth-order valence-electron chi connectivity index (χ4n) is 1.66. The maximum absolute atomic E-state index is 12.0. The van der Waals surface area contributed by atoms with Crippen molar-refractivity contribution in [1.29, 1.82) is 0 Å². The Morgan fingerprint density at radius 3 is 2.22 bits per heavy atom. The predicted molar refractivity (Wildman–Crippen MR) is 65.8 cm³/mol. The summed E-state index contributed by atoms with van der Waals surface area (Å²) in [5.41, 5.74) is 0. The van der Waals surface area contributed by atoms with E-state index in [0.29, 0.717) is 13.1 Å². The number of thioether (sulfide) groups is 1. The average molecular weight is 276 g/mol. The van der Waals surface area contributed by atoms with Gasteiger partial charge in [0.05, 0.1) is 0 Å². The van der Waals surface area contributed by atoms with Crippen molar-refractivity contribution in [2.24, 2.45) is 0 Å². The van der Waals surface area contributed by atoms with Crippen LogP contribution in [0.5, 0.6) is 0 Å². The van der Waals surface area contributed by atoms with Crippen molar-refractivity contribution in [3.05, 3.63) is 0 Å². The van der Waals surface area contributed by atoms with Crippen molar-refractivity contribution >= 4 is 29.7 Å². The lowest BCUT2D eigenvalue weighted by molar-refractivity contribution is -0.140. The van der Waals surface area contributed by atoms with E-state index < -0.39 is 31.1 Å². The highest BCUT2D eigenvalue weighted by molar-refractivity contribution is 7.99. The Morgan fingerprint density at radius 1 is 1.06 bits per heavy atom. The van der Waals surface area contributed by atoms with E-state index in [1.54, 1.807) is 11.8 Å². The highest BCUT2D eigenvalue weighted by Gasteiger charge is 2.25. The summed E-state index contributed by atoms with van der Waals surface area (Å²) < 4.78 is 0. The van der Waals surface area contributed by atoms with E-state index in [2.05, 4.69) is 0 Å². The molecule has 0 unspecified atom stereocenters. The zero-order chi connectivity index (χ0) is 13.5. The molecule has 1 aliphatic rings. The molecule has 0 aromatic carbocycles. The van der Waals surface area contributed by atoms with Gasteiger partial charge in [0, 0.05) is 18.8 Å². The third-order valence-electron chi connectivity index (χ3n) is 2.42. The first-order valence-electron chi connectivity index (χ1n) is 5.56. The molecular weight excluding hydrogens is 260 g/mol. The normalized spacial score (nSPS) is 15.9. The van der Waals surface area contributed by atoms with Gasteiger partial charge in [-0.3, -0.25) is 9.59 Å². The Morgan fingerprint density at radius 2 is 1.67 bits per heavy atom. The van der Waals surface area contributed by atoms with Crippen molar-refractivity contribution < 1.29 is 24.6 Å². The number of carboxylic acids is 2. The van der Waals surface area contributed by atoms with Crippen molar-refractivity contribution in [2.75, 3.05) is 37.7 Å². The van der Waals surface area contributed by atoms with Crippen LogP contribution < -0.4 is 0 Å². The summed E-state index contributed by atoms with van der Waals surface area (Å²) in [6.45, 7) is -0.107. The van der Waals surface area contributed by atoms with Crippen LogP contribution in [0.1, 0.15) is 6.42 Å². The van der Waals surface area contributed by atoms with Crippen LogP contribution in [-0.2, 0) is 9.59 Å². The molecule has 18 heavy (non-hydrogen) atoms. The number of hydrogen-bond acceptors (Lipinski definition) is 4. The maximum atomic E-state index is 12.0. The van der Waals surface area contributed by atoms with Crippen LogP contribution in [0.3, 0.4) is 0 Å². The van der Waals surface area contributed by atoms with Crippen LogP contribution in [0, 0.1) is 0 Å². The lowest BCUT2D eigenvalue weighted by Crippen LogP contribution is -2.48. The standard InChI is InChI=1S/C10H16N2O5S/c13-8(14)6-12(7-9(15)16)10(17)11-2-1-4-18-5-3-11/h1-7H2,(H,13,14)(H,15,16). The highest BCUT2D eigenvalue weighted by Crippen LogP contribution is 2.11. The lowest BCUT2D eigenvalue weighted by Gasteiger charge is -2.27. The quantitative estimate of drug-likeness (QED) is 0.751. The number of amides is 2. The molecule has 1 saturated heterocycles. The molecule has 8 heteroatoms. The van der Waals surface area contributed by atoms with Crippen LogP contribution in [0.25, 0.3) is 0 Å². The Labute approximate surface area is 109 Å². The number of nitrogens with zero attached hydrogens (tertiary/aromatic N) is 2. The second-order valence-corrected chi connectivity index (χ2v) is 5.10. The van der Waals surface area contributed by atoms with Gasteiger partial charge >= 0.3 is 18.0 Å². The van der Waals surface area contributed by atoms with Gasteiger partial charge in [0.1, 0.15) is 13.1 Å². The van der Waals surface area contributed by atoms with Crippen molar-refractivity contribution in [1.82, 2.24) is 9.80 Å². The number of carbonyl (C=O) groups excluding carboxylic acids is 1. The molecule has 1 aliphatic heterocycles. The SMILES string of the molecule is O=C(O)CN(CC(=O)O)C(=O)N1CCCSCC1. The van der Waals surface area contributed by atoms with E-state index in [9.17, 15) is 14.4 Å². The molecule has 102 valence electrons. The van der Waals surface area contributed by atoms with E-state index in [4.69, 9.17) is 10.2 Å². The van der Waals surface area contributed by atoms with Gasteiger partial charge < -0.3 is 20.0 Å². The van der Waals surface area contributed by atoms with Gasteiger partial charge in [0.15, 0.2) is 0 Å². The Hall–Kier alpha value is -1.44. The summed E-state index contributed by atoms with van der Waals surface area (Å²) >= 11 is 1.73. The van der Waals surface area contributed by atoms with Gasteiger partial charge in [0.2, 0.25) is 0 Å². The summed E-state index contributed by atoms with van der Waals surface area (Å²) in [7, 11) is 0. The van der Waals surface area contributed by atoms with Gasteiger partial charge in [-0.25, -0.2) is 4.79 Å². The van der Waals surface area contributed by atoms with Crippen LogP contribution >= 0.6 is 11.8 Å². The molecule has 2 N–H and O–H groups in total. The van der Waals surface area contributed by atoms with Gasteiger partial charge in [-0.15, -0.1) is 0 Å². The van der Waals surface area contributed by atoms with Crippen LogP contribution in [0.4, 0.5) is 4.79 Å². The van der Waals surface area contributed by atoms with Gasteiger partial charge in [-0.1, -0.05) is 0 Å². The van der Waals surface area contributed by atoms with Crippen molar-refractivity contribution in [3.8, 4) is 0 Å². The average Bonchev–Trinajstić information content (AvgIpc) is 2.54. The molecule has 7 nitrogen and oxygen atoms in total. The minimum absolute atomic E-state index is 0.512. The van der Waals surface area contributed by atoms with Crippen molar-refractivity contribution in [3.63, 3.8) is 0 Å². The van der Waals surface area contributed by atoms with E-state index in [1.165, 1.54) is 4.90 Å². The number of urea groups is 1. The molecular formula is C10H16N2O5S. The van der Waals surface area contributed by atoms with Gasteiger partial charge in [-0.2, -0.15) is 11.8 Å². The molecule has 1 rings (SSSR count). The predicted octanol–water partition coefficient (Wildman–Crippen LogP) is 0.0165. The number of rotatable bonds is 4. The molecule has 1 heterocycles. The first-order valence-corrected chi connectivity index (χ1v) is 6.71. The van der Waals surface area contributed by atoms with E-state index >= 15 is 0 Å². The second-order valence-electron chi connectivity index (χ2n) is 3.88. The van der Waals surface area contributed by atoms with E-state index in [1.807, 2.05) is 0 Å². The first kappa shape index (κ1) is 14.6. The largest absolute Gasteiger partial charge is 0.480 e. The van der Waals surface area contributed by atoms with E-state index in [0.717, 1.165) is 22.8 Å². The fourth-order valence-corrected chi connectivity index (χ4v) is 2.54. The Kier molecular flexibility index (Phi) is 5.76. The molecule has 0 saturated carbocycles. The summed E-state index contributed by atoms with van der Waals surface area (Å²) in [6.07, 6.45) is 0.838. The fraction of sp³-hybridized carbons (Fsp3) is 0.700. The summed E-state index contributed by atoms with van der Waals surface area (Å²) in [6, 6.07) is -0.512.